The molecule has 1 heterocycles. The van der Waals surface area contributed by atoms with Crippen LogP contribution in [0.5, 0.6) is 0 Å². The van der Waals surface area contributed by atoms with Crippen LogP contribution in [0.15, 0.2) is 42.5 Å². The van der Waals surface area contributed by atoms with Crippen molar-refractivity contribution in [1.29, 1.82) is 0 Å². The van der Waals surface area contributed by atoms with Crippen LogP contribution >= 0.6 is 22.6 Å². The molecule has 0 radical (unpaired) electrons. The number of nitrogens with zero attached hydrogens (tertiary/aromatic N) is 3. The Morgan fingerprint density at radius 3 is 2.19 bits per heavy atom. The van der Waals surface area contributed by atoms with E-state index < -0.39 is 11.7 Å². The molecule has 0 bridgehead atoms. The van der Waals surface area contributed by atoms with Crippen LogP contribution in [0.4, 0.5) is 15.8 Å². The molecule has 2 amide bonds. The number of primary amides is 1. The van der Waals surface area contributed by atoms with Crippen molar-refractivity contribution in [3.63, 3.8) is 0 Å². The Hall–Kier alpha value is -2.20. The quantitative estimate of drug-likeness (QED) is 0.300. The zero-order valence-corrected chi connectivity index (χ0v) is 20.7. The Balaban J connectivity index is 1.99. The number of hydrogen-bond donors (Lipinski definition) is 1. The fourth-order valence-corrected chi connectivity index (χ4v) is 4.83. The van der Waals surface area contributed by atoms with Gasteiger partial charge in [-0.3, -0.25) is 14.5 Å². The normalized spacial score (nSPS) is 14.9. The minimum absolute atomic E-state index is 0.0228. The highest BCUT2D eigenvalue weighted by atomic mass is 127. The average molecular weight is 552 g/mol. The maximum Gasteiger partial charge on any atom is 0.253 e. The highest BCUT2D eigenvalue weighted by Gasteiger charge is 2.28. The molecule has 0 saturated carbocycles. The molecule has 3 rings (SSSR count). The van der Waals surface area contributed by atoms with Gasteiger partial charge < -0.3 is 15.5 Å². The first-order valence-corrected chi connectivity index (χ1v) is 12.5. The summed E-state index contributed by atoms with van der Waals surface area (Å²) < 4.78 is 16.0. The van der Waals surface area contributed by atoms with Gasteiger partial charge in [-0.05, 0) is 69.2 Å². The van der Waals surface area contributed by atoms with Crippen LogP contribution in [0, 0.1) is 5.82 Å². The standard InChI is InChI=1S/C24H30FIN4O2/c1-3-29(4-2)24(32)17-5-8-19(9-6-17)30(20-11-13-28(16-26)14-12-20)22-15-18(23(27)31)7-10-21(22)25/h5-10,15,20H,3-4,11-14,16H2,1-2H3,(H2,27,31). The highest BCUT2D eigenvalue weighted by Crippen LogP contribution is 2.35. The van der Waals surface area contributed by atoms with Crippen molar-refractivity contribution in [2.75, 3.05) is 35.6 Å². The summed E-state index contributed by atoms with van der Waals surface area (Å²) in [5, 5.41) is 0. The number of hydrogen-bond acceptors (Lipinski definition) is 4. The topological polar surface area (TPSA) is 69.9 Å². The summed E-state index contributed by atoms with van der Waals surface area (Å²) in [5.74, 6) is -1.02. The molecule has 2 aromatic carbocycles. The van der Waals surface area contributed by atoms with Crippen LogP contribution in [-0.4, -0.2) is 58.4 Å². The van der Waals surface area contributed by atoms with Gasteiger partial charge in [0.15, 0.2) is 0 Å². The molecule has 0 aromatic heterocycles. The van der Waals surface area contributed by atoms with Gasteiger partial charge >= 0.3 is 0 Å². The fraction of sp³-hybridized carbons (Fsp3) is 0.417. The van der Waals surface area contributed by atoms with E-state index in [-0.39, 0.29) is 17.5 Å². The molecule has 0 aliphatic carbocycles. The molecular weight excluding hydrogens is 522 g/mol. The van der Waals surface area contributed by atoms with Crippen LogP contribution in [0.3, 0.4) is 0 Å². The molecule has 2 N–H and O–H groups in total. The SMILES string of the molecule is CCN(CC)C(=O)c1ccc(N(c2cc(C(N)=O)ccc2F)C2CCN(CI)CC2)cc1. The highest BCUT2D eigenvalue weighted by molar-refractivity contribution is 14.1. The summed E-state index contributed by atoms with van der Waals surface area (Å²) in [6.07, 6.45) is 1.73. The van der Waals surface area contributed by atoms with E-state index in [9.17, 15) is 9.59 Å². The second kappa shape index (κ2) is 11.1. The van der Waals surface area contributed by atoms with Crippen LogP contribution in [0.1, 0.15) is 47.4 Å². The van der Waals surface area contributed by atoms with Gasteiger partial charge in [0.05, 0.1) is 10.2 Å². The summed E-state index contributed by atoms with van der Waals surface area (Å²) in [7, 11) is 0. The number of rotatable bonds is 8. The van der Waals surface area contributed by atoms with E-state index in [1.54, 1.807) is 17.0 Å². The molecule has 0 unspecified atom stereocenters. The van der Waals surface area contributed by atoms with Crippen LogP contribution < -0.4 is 10.6 Å². The second-order valence-electron chi connectivity index (χ2n) is 7.89. The number of likely N-dealkylation sites (tertiary alicyclic amines) is 1. The number of benzene rings is 2. The third-order valence-corrected chi connectivity index (χ3v) is 6.99. The van der Waals surface area contributed by atoms with E-state index in [0.717, 1.165) is 36.2 Å². The lowest BCUT2D eigenvalue weighted by Gasteiger charge is -2.39. The Labute approximate surface area is 202 Å². The molecule has 1 aliphatic heterocycles. The van der Waals surface area contributed by atoms with Crippen LogP contribution in [0.2, 0.25) is 0 Å². The van der Waals surface area contributed by atoms with E-state index in [0.29, 0.717) is 24.3 Å². The third-order valence-electron chi connectivity index (χ3n) is 6.02. The third kappa shape index (κ3) is 5.40. The number of piperidine rings is 1. The Kier molecular flexibility index (Phi) is 8.47. The maximum atomic E-state index is 15.0. The van der Waals surface area contributed by atoms with Gasteiger partial charge in [0.25, 0.3) is 5.91 Å². The van der Waals surface area contributed by atoms with Crippen molar-refractivity contribution in [1.82, 2.24) is 9.80 Å². The lowest BCUT2D eigenvalue weighted by atomic mass is 10.0. The van der Waals surface area contributed by atoms with E-state index in [2.05, 4.69) is 27.5 Å². The first-order valence-electron chi connectivity index (χ1n) is 11.0. The summed E-state index contributed by atoms with van der Waals surface area (Å²) in [6.45, 7) is 7.02. The minimum Gasteiger partial charge on any atom is -0.366 e. The molecule has 32 heavy (non-hydrogen) atoms. The van der Waals surface area contributed by atoms with Gasteiger partial charge in [0.1, 0.15) is 5.82 Å². The predicted molar refractivity (Wildman–Crippen MR) is 134 cm³/mol. The number of alkyl halides is 1. The van der Waals surface area contributed by atoms with E-state index >= 15 is 4.39 Å². The van der Waals surface area contributed by atoms with Crippen molar-refractivity contribution in [2.24, 2.45) is 5.73 Å². The predicted octanol–water partition coefficient (Wildman–Crippen LogP) is 4.40. The molecule has 1 aliphatic rings. The van der Waals surface area contributed by atoms with Gasteiger partial charge in [-0.15, -0.1) is 0 Å². The second-order valence-corrected chi connectivity index (χ2v) is 8.58. The molecule has 6 nitrogen and oxygen atoms in total. The largest absolute Gasteiger partial charge is 0.366 e. The van der Waals surface area contributed by atoms with Gasteiger partial charge in [0.2, 0.25) is 5.91 Å². The van der Waals surface area contributed by atoms with Crippen molar-refractivity contribution >= 4 is 45.8 Å². The van der Waals surface area contributed by atoms with Crippen molar-refractivity contribution in [3.05, 3.63) is 59.4 Å². The number of halogens is 2. The summed E-state index contributed by atoms with van der Waals surface area (Å²) in [5.41, 5.74) is 7.45. The summed E-state index contributed by atoms with van der Waals surface area (Å²) in [6, 6.07) is 11.6. The van der Waals surface area contributed by atoms with Gasteiger partial charge in [-0.2, -0.15) is 0 Å². The number of carbonyl (C=O) groups excluding carboxylic acids is 2. The zero-order chi connectivity index (χ0) is 23.3. The Bertz CT molecular complexity index is 942. The summed E-state index contributed by atoms with van der Waals surface area (Å²) >= 11 is 2.36. The molecule has 8 heteroatoms. The van der Waals surface area contributed by atoms with Crippen molar-refractivity contribution in [2.45, 2.75) is 32.7 Å². The van der Waals surface area contributed by atoms with E-state index in [4.69, 9.17) is 5.73 Å². The minimum atomic E-state index is -0.592. The molecule has 0 atom stereocenters. The smallest absolute Gasteiger partial charge is 0.253 e. The molecular formula is C24H30FIN4O2. The Morgan fingerprint density at radius 2 is 1.66 bits per heavy atom. The van der Waals surface area contributed by atoms with Crippen molar-refractivity contribution < 1.29 is 14.0 Å². The van der Waals surface area contributed by atoms with Crippen LogP contribution in [0.25, 0.3) is 0 Å². The average Bonchev–Trinajstić information content (AvgIpc) is 2.82. The molecule has 1 fully saturated rings. The number of nitrogens with two attached hydrogens (primary N) is 1. The van der Waals surface area contributed by atoms with E-state index in [1.165, 1.54) is 18.2 Å². The number of carbonyl (C=O) groups is 2. The monoisotopic (exact) mass is 552 g/mol. The van der Waals surface area contributed by atoms with Gasteiger partial charge in [-0.1, -0.05) is 22.6 Å². The molecule has 172 valence electrons. The first kappa shape index (κ1) is 24.4. The van der Waals surface area contributed by atoms with Gasteiger partial charge in [-0.25, -0.2) is 4.39 Å². The van der Waals surface area contributed by atoms with Gasteiger partial charge in [0, 0.05) is 49.0 Å². The Morgan fingerprint density at radius 1 is 1.06 bits per heavy atom. The van der Waals surface area contributed by atoms with Crippen molar-refractivity contribution in [3.8, 4) is 0 Å². The van der Waals surface area contributed by atoms with Crippen LogP contribution in [-0.2, 0) is 0 Å². The van der Waals surface area contributed by atoms with E-state index in [1.807, 2.05) is 30.9 Å². The first-order chi connectivity index (χ1) is 15.4. The maximum absolute atomic E-state index is 15.0. The zero-order valence-electron chi connectivity index (χ0n) is 18.6. The number of amides is 2. The summed E-state index contributed by atoms with van der Waals surface area (Å²) in [4.78, 5) is 30.5. The lowest BCUT2D eigenvalue weighted by Crippen LogP contribution is -2.43. The molecule has 0 spiro atoms. The lowest BCUT2D eigenvalue weighted by molar-refractivity contribution is 0.0772. The molecule has 2 aromatic rings. The number of anilines is 2. The molecule has 1 saturated heterocycles. The fourth-order valence-electron chi connectivity index (χ4n) is 4.15.